The predicted octanol–water partition coefficient (Wildman–Crippen LogP) is 6.59. The number of nitro groups is 1. The number of carbonyl (C=O) groups is 1. The quantitative estimate of drug-likeness (QED) is 0.211. The molecule has 0 radical (unpaired) electrons. The molecule has 1 amide bonds. The van der Waals surface area contributed by atoms with Gasteiger partial charge in [-0.2, -0.15) is 4.37 Å². The average Bonchev–Trinajstić information content (AvgIpc) is 3.20. The average molecular weight is 455 g/mol. The number of nitrogens with zero attached hydrogens (tertiary/aromatic N) is 5. The van der Waals surface area contributed by atoms with Crippen molar-refractivity contribution in [3.8, 4) is 0 Å². The lowest BCUT2D eigenvalue weighted by molar-refractivity contribution is -0.384. The predicted molar refractivity (Wildman–Crippen MR) is 129 cm³/mol. The fourth-order valence-electron chi connectivity index (χ4n) is 3.26. The van der Waals surface area contributed by atoms with E-state index in [-0.39, 0.29) is 11.6 Å². The lowest BCUT2D eigenvalue weighted by atomic mass is 10.2. The standard InChI is InChI=1S/C22H26N6O3S/c1-4-11-27(12-5-2)15-7-10-19(20(14-15)23-21(29)6-3)24-25-22-17-13-16(28(30)31)8-9-18(17)26-32-22/h7-10,13-14H,4-6,11-12H2,1-3H3,(H,23,29)/b25-24+. The summed E-state index contributed by atoms with van der Waals surface area (Å²) in [5.74, 6) is -0.116. The first-order valence-corrected chi connectivity index (χ1v) is 11.4. The van der Waals surface area contributed by atoms with Crippen LogP contribution in [0.1, 0.15) is 40.0 Å². The van der Waals surface area contributed by atoms with Gasteiger partial charge in [-0.15, -0.1) is 10.2 Å². The van der Waals surface area contributed by atoms with Gasteiger partial charge in [-0.25, -0.2) is 0 Å². The maximum atomic E-state index is 12.1. The first-order chi connectivity index (χ1) is 15.5. The van der Waals surface area contributed by atoms with Gasteiger partial charge in [0.2, 0.25) is 5.91 Å². The van der Waals surface area contributed by atoms with E-state index in [1.807, 2.05) is 18.2 Å². The number of aromatic nitrogens is 1. The molecule has 168 valence electrons. The topological polar surface area (TPSA) is 113 Å². The highest BCUT2D eigenvalue weighted by Gasteiger charge is 2.14. The van der Waals surface area contributed by atoms with Gasteiger partial charge < -0.3 is 10.2 Å². The highest BCUT2D eigenvalue weighted by molar-refractivity contribution is 7.11. The number of hydrogen-bond donors (Lipinski definition) is 1. The Bertz CT molecular complexity index is 1140. The number of hydrogen-bond acceptors (Lipinski definition) is 8. The fourth-order valence-corrected chi connectivity index (χ4v) is 3.94. The van der Waals surface area contributed by atoms with Crippen LogP contribution in [0.2, 0.25) is 0 Å². The van der Waals surface area contributed by atoms with Gasteiger partial charge in [0.25, 0.3) is 5.69 Å². The number of azo groups is 1. The zero-order valence-corrected chi connectivity index (χ0v) is 19.2. The van der Waals surface area contributed by atoms with E-state index in [1.165, 1.54) is 12.1 Å². The van der Waals surface area contributed by atoms with E-state index in [0.29, 0.717) is 33.7 Å². The number of amides is 1. The van der Waals surface area contributed by atoms with Crippen molar-refractivity contribution in [3.63, 3.8) is 0 Å². The molecule has 0 atom stereocenters. The van der Waals surface area contributed by atoms with E-state index in [0.717, 1.165) is 43.2 Å². The molecule has 0 bridgehead atoms. The zero-order chi connectivity index (χ0) is 23.1. The highest BCUT2D eigenvalue weighted by Crippen LogP contribution is 2.36. The summed E-state index contributed by atoms with van der Waals surface area (Å²) in [6.07, 6.45) is 2.38. The van der Waals surface area contributed by atoms with E-state index < -0.39 is 4.92 Å². The van der Waals surface area contributed by atoms with Crippen molar-refractivity contribution in [2.45, 2.75) is 40.0 Å². The number of nitro benzene ring substituents is 1. The first kappa shape index (κ1) is 23.3. The van der Waals surface area contributed by atoms with Gasteiger partial charge in [-0.05, 0) is 48.6 Å². The van der Waals surface area contributed by atoms with E-state index >= 15 is 0 Å². The summed E-state index contributed by atoms with van der Waals surface area (Å²) in [7, 11) is 0. The summed E-state index contributed by atoms with van der Waals surface area (Å²) < 4.78 is 4.28. The molecule has 0 aliphatic carbocycles. The maximum Gasteiger partial charge on any atom is 0.270 e. The Labute approximate surface area is 190 Å². The number of nitrogens with one attached hydrogen (secondary N) is 1. The van der Waals surface area contributed by atoms with E-state index in [9.17, 15) is 14.9 Å². The molecule has 3 aromatic rings. The Balaban J connectivity index is 1.98. The first-order valence-electron chi connectivity index (χ1n) is 10.6. The molecule has 0 unspecified atom stereocenters. The van der Waals surface area contributed by atoms with Gasteiger partial charge in [-0.3, -0.25) is 14.9 Å². The summed E-state index contributed by atoms with van der Waals surface area (Å²) in [5.41, 5.74) is 2.70. The van der Waals surface area contributed by atoms with Crippen LogP contribution in [-0.4, -0.2) is 28.3 Å². The van der Waals surface area contributed by atoms with Crippen LogP contribution >= 0.6 is 11.5 Å². The Morgan fingerprint density at radius 3 is 2.53 bits per heavy atom. The Hall–Kier alpha value is -3.40. The molecule has 2 aromatic carbocycles. The van der Waals surface area contributed by atoms with Crippen LogP contribution in [0, 0.1) is 10.1 Å². The van der Waals surface area contributed by atoms with Crippen molar-refractivity contribution in [2.24, 2.45) is 10.2 Å². The van der Waals surface area contributed by atoms with E-state index in [4.69, 9.17) is 0 Å². The molecular weight excluding hydrogens is 428 g/mol. The molecular formula is C22H26N6O3S. The monoisotopic (exact) mass is 454 g/mol. The molecule has 32 heavy (non-hydrogen) atoms. The molecule has 0 aliphatic heterocycles. The number of benzene rings is 2. The minimum Gasteiger partial charge on any atom is -0.371 e. The molecule has 0 saturated heterocycles. The summed E-state index contributed by atoms with van der Waals surface area (Å²) >= 11 is 1.12. The third-order valence-electron chi connectivity index (χ3n) is 4.83. The molecule has 1 N–H and O–H groups in total. The van der Waals surface area contributed by atoms with Crippen molar-refractivity contribution in [3.05, 3.63) is 46.5 Å². The van der Waals surface area contributed by atoms with Crippen LogP contribution in [0.3, 0.4) is 0 Å². The van der Waals surface area contributed by atoms with Crippen LogP contribution in [0.4, 0.5) is 27.8 Å². The number of anilines is 2. The second kappa shape index (κ2) is 10.8. The SMILES string of the molecule is CCCN(CCC)c1ccc(/N=N/c2snc3ccc([N+](=O)[O-])cc23)c(NC(=O)CC)c1. The minimum atomic E-state index is -0.451. The van der Waals surface area contributed by atoms with E-state index in [2.05, 4.69) is 38.7 Å². The van der Waals surface area contributed by atoms with Gasteiger partial charge in [0.15, 0.2) is 5.00 Å². The Kier molecular flexibility index (Phi) is 7.82. The number of fused-ring (bicyclic) bond motifs is 1. The summed E-state index contributed by atoms with van der Waals surface area (Å²) in [5, 5.41) is 23.7. The van der Waals surface area contributed by atoms with Crippen molar-refractivity contribution >= 4 is 56.1 Å². The molecule has 0 fully saturated rings. The van der Waals surface area contributed by atoms with Crippen molar-refractivity contribution in [1.29, 1.82) is 0 Å². The third kappa shape index (κ3) is 5.44. The van der Waals surface area contributed by atoms with Gasteiger partial charge in [0, 0.05) is 42.7 Å². The van der Waals surface area contributed by atoms with Gasteiger partial charge in [0.1, 0.15) is 5.69 Å². The van der Waals surface area contributed by atoms with Gasteiger partial charge >= 0.3 is 0 Å². The largest absolute Gasteiger partial charge is 0.371 e. The molecule has 0 saturated carbocycles. The van der Waals surface area contributed by atoms with Crippen LogP contribution in [0.15, 0.2) is 46.6 Å². The van der Waals surface area contributed by atoms with Crippen LogP contribution < -0.4 is 10.2 Å². The van der Waals surface area contributed by atoms with Crippen molar-refractivity contribution < 1.29 is 9.72 Å². The molecule has 1 aromatic heterocycles. The molecule has 10 heteroatoms. The van der Waals surface area contributed by atoms with Crippen molar-refractivity contribution in [1.82, 2.24) is 4.37 Å². The van der Waals surface area contributed by atoms with Crippen LogP contribution in [0.5, 0.6) is 0 Å². The minimum absolute atomic E-state index is 0.0265. The van der Waals surface area contributed by atoms with Gasteiger partial charge in [0.05, 0.1) is 16.1 Å². The van der Waals surface area contributed by atoms with Gasteiger partial charge in [-0.1, -0.05) is 20.8 Å². The molecule has 0 aliphatic rings. The summed E-state index contributed by atoms with van der Waals surface area (Å²) in [4.78, 5) is 25.0. The number of carbonyl (C=O) groups excluding carboxylic acids is 1. The number of non-ortho nitro benzene ring substituents is 1. The second-order valence-electron chi connectivity index (χ2n) is 7.24. The van der Waals surface area contributed by atoms with E-state index in [1.54, 1.807) is 13.0 Å². The van der Waals surface area contributed by atoms with Crippen LogP contribution in [0.25, 0.3) is 10.9 Å². The Morgan fingerprint density at radius 1 is 1.12 bits per heavy atom. The molecule has 3 rings (SSSR count). The molecule has 0 spiro atoms. The summed E-state index contributed by atoms with van der Waals surface area (Å²) in [6.45, 7) is 7.89. The fraction of sp³-hybridized carbons (Fsp3) is 0.364. The van der Waals surface area contributed by atoms with Crippen LogP contribution in [-0.2, 0) is 4.79 Å². The Morgan fingerprint density at radius 2 is 1.88 bits per heavy atom. The smallest absolute Gasteiger partial charge is 0.270 e. The third-order valence-corrected chi connectivity index (χ3v) is 5.59. The molecule has 9 nitrogen and oxygen atoms in total. The lowest BCUT2D eigenvalue weighted by Crippen LogP contribution is -2.25. The molecule has 1 heterocycles. The van der Waals surface area contributed by atoms with Crippen molar-refractivity contribution in [2.75, 3.05) is 23.3 Å². The summed E-state index contributed by atoms with van der Waals surface area (Å²) in [6, 6.07) is 10.2. The second-order valence-corrected chi connectivity index (χ2v) is 7.99. The maximum absolute atomic E-state index is 12.1. The highest BCUT2D eigenvalue weighted by atomic mass is 32.1. The lowest BCUT2D eigenvalue weighted by Gasteiger charge is -2.24. The zero-order valence-electron chi connectivity index (χ0n) is 18.4. The number of rotatable bonds is 10. The normalized spacial score (nSPS) is 11.2.